The highest BCUT2D eigenvalue weighted by Crippen LogP contribution is 2.24. The largest absolute Gasteiger partial charge is 0.479 e. The number of hydrogen-bond donors (Lipinski definition) is 2. The van der Waals surface area contributed by atoms with E-state index in [1.165, 1.54) is 17.9 Å². The van der Waals surface area contributed by atoms with Crippen LogP contribution in [0.15, 0.2) is 58.6 Å². The molecule has 0 saturated carbocycles. The molecule has 1 unspecified atom stereocenters. The minimum Gasteiger partial charge on any atom is -0.479 e. The highest BCUT2D eigenvalue weighted by molar-refractivity contribution is 9.10. The predicted molar refractivity (Wildman–Crippen MR) is 115 cm³/mol. The molecule has 2 amide bonds. The van der Waals surface area contributed by atoms with Crippen LogP contribution in [0.25, 0.3) is 6.08 Å². The molecule has 2 aromatic carbocycles. The monoisotopic (exact) mass is 474 g/mol. The van der Waals surface area contributed by atoms with Crippen LogP contribution in [0.4, 0.5) is 5.69 Å². The Labute approximate surface area is 180 Å². The van der Waals surface area contributed by atoms with Crippen molar-refractivity contribution in [2.45, 2.75) is 13.0 Å². The van der Waals surface area contributed by atoms with E-state index in [-0.39, 0.29) is 10.7 Å². The third-order valence-electron chi connectivity index (χ3n) is 4.04. The zero-order valence-corrected chi connectivity index (χ0v) is 17.5. The molecule has 1 atom stereocenters. The lowest BCUT2D eigenvalue weighted by Crippen LogP contribution is -2.54. The summed E-state index contributed by atoms with van der Waals surface area (Å²) in [6, 6.07) is 13.3. The maximum absolute atomic E-state index is 12.9. The van der Waals surface area contributed by atoms with Gasteiger partial charge in [-0.1, -0.05) is 28.1 Å². The first-order chi connectivity index (χ1) is 13.8. The summed E-state index contributed by atoms with van der Waals surface area (Å²) in [4.78, 5) is 37.4. The van der Waals surface area contributed by atoms with Crippen molar-refractivity contribution in [2.24, 2.45) is 0 Å². The summed E-state index contributed by atoms with van der Waals surface area (Å²) in [5, 5.41) is 11.4. The molecular weight excluding hydrogens is 460 g/mol. The van der Waals surface area contributed by atoms with Gasteiger partial charge in [-0.2, -0.15) is 0 Å². The molecule has 3 rings (SSSR count). The van der Waals surface area contributed by atoms with E-state index < -0.39 is 23.9 Å². The fourth-order valence-electron chi connectivity index (χ4n) is 2.55. The molecule has 9 heteroatoms. The number of amides is 2. The molecule has 2 N–H and O–H groups in total. The summed E-state index contributed by atoms with van der Waals surface area (Å²) in [5.74, 6) is -1.85. The van der Waals surface area contributed by atoms with E-state index in [2.05, 4.69) is 21.2 Å². The number of thiocarbonyl (C=S) groups is 1. The fraction of sp³-hybridized carbons (Fsp3) is 0.100. The van der Waals surface area contributed by atoms with Crippen molar-refractivity contribution < 1.29 is 24.2 Å². The molecule has 1 saturated heterocycles. The van der Waals surface area contributed by atoms with Crippen molar-refractivity contribution >= 4 is 62.8 Å². The van der Waals surface area contributed by atoms with Crippen LogP contribution < -0.4 is 15.0 Å². The lowest BCUT2D eigenvalue weighted by atomic mass is 10.1. The summed E-state index contributed by atoms with van der Waals surface area (Å²) in [5.41, 5.74) is 1.02. The molecular formula is C20H15BrN2O5S. The second kappa shape index (κ2) is 8.54. The number of benzene rings is 2. The van der Waals surface area contributed by atoms with Crippen molar-refractivity contribution in [1.82, 2.24) is 5.32 Å². The van der Waals surface area contributed by atoms with E-state index in [4.69, 9.17) is 22.1 Å². The van der Waals surface area contributed by atoms with Gasteiger partial charge in [0, 0.05) is 4.47 Å². The Morgan fingerprint density at radius 2 is 1.79 bits per heavy atom. The Bertz CT molecular complexity index is 1020. The van der Waals surface area contributed by atoms with Gasteiger partial charge < -0.3 is 9.84 Å². The summed E-state index contributed by atoms with van der Waals surface area (Å²) < 4.78 is 6.11. The number of carbonyl (C=O) groups is 3. The Kier molecular flexibility index (Phi) is 6.09. The molecule has 0 bridgehead atoms. The van der Waals surface area contributed by atoms with Crippen LogP contribution >= 0.6 is 28.1 Å². The minimum absolute atomic E-state index is 0.00544. The van der Waals surface area contributed by atoms with Gasteiger partial charge in [-0.3, -0.25) is 19.8 Å². The third kappa shape index (κ3) is 4.69. The van der Waals surface area contributed by atoms with Gasteiger partial charge in [-0.25, -0.2) is 4.79 Å². The van der Waals surface area contributed by atoms with Crippen LogP contribution in [0.5, 0.6) is 5.75 Å². The summed E-state index contributed by atoms with van der Waals surface area (Å²) in [6.07, 6.45) is 0.445. The van der Waals surface area contributed by atoms with Crippen molar-refractivity contribution in [3.05, 3.63) is 64.1 Å². The van der Waals surface area contributed by atoms with E-state index in [0.717, 1.165) is 4.47 Å². The SMILES string of the molecule is CC(Oc1ccc(/C=C2\C(=O)NC(=S)N(c3ccc(Br)cc3)C2=O)cc1)C(=O)O. The van der Waals surface area contributed by atoms with E-state index in [1.54, 1.807) is 48.5 Å². The number of nitrogens with one attached hydrogen (secondary N) is 1. The van der Waals surface area contributed by atoms with Crippen LogP contribution in [-0.4, -0.2) is 34.1 Å². The summed E-state index contributed by atoms with van der Waals surface area (Å²) in [6.45, 7) is 1.42. The zero-order chi connectivity index (χ0) is 21.1. The Hall–Kier alpha value is -3.04. The number of carbonyl (C=O) groups excluding carboxylic acids is 2. The van der Waals surface area contributed by atoms with Crippen LogP contribution in [0.1, 0.15) is 12.5 Å². The number of anilines is 1. The molecule has 1 fully saturated rings. The first-order valence-corrected chi connectivity index (χ1v) is 9.63. The van der Waals surface area contributed by atoms with Gasteiger partial charge in [0.05, 0.1) is 5.69 Å². The number of ether oxygens (including phenoxy) is 1. The smallest absolute Gasteiger partial charge is 0.344 e. The van der Waals surface area contributed by atoms with Crippen molar-refractivity contribution in [3.8, 4) is 5.75 Å². The number of carboxylic acids is 1. The molecule has 1 aliphatic rings. The Morgan fingerprint density at radius 3 is 2.38 bits per heavy atom. The summed E-state index contributed by atoms with van der Waals surface area (Å²) >= 11 is 8.50. The third-order valence-corrected chi connectivity index (χ3v) is 4.85. The molecule has 2 aromatic rings. The average Bonchev–Trinajstić information content (AvgIpc) is 2.67. The van der Waals surface area contributed by atoms with Crippen LogP contribution in [0.3, 0.4) is 0 Å². The molecule has 0 aliphatic carbocycles. The standard InChI is InChI=1S/C20H15BrN2O5S/c1-11(19(26)27)28-15-8-2-12(3-9-15)10-16-17(24)22-20(29)23(18(16)25)14-6-4-13(21)5-7-14/h2-11H,1H3,(H,26,27)(H,22,24,29)/b16-10+. The Balaban J connectivity index is 1.86. The molecule has 0 spiro atoms. The average molecular weight is 475 g/mol. The normalized spacial score (nSPS) is 16.6. The minimum atomic E-state index is -1.08. The van der Waals surface area contributed by atoms with Crippen molar-refractivity contribution in [3.63, 3.8) is 0 Å². The van der Waals surface area contributed by atoms with Crippen molar-refractivity contribution in [2.75, 3.05) is 4.90 Å². The molecule has 0 aromatic heterocycles. The van der Waals surface area contributed by atoms with Gasteiger partial charge in [-0.05, 0) is 67.2 Å². The number of halogens is 1. The zero-order valence-electron chi connectivity index (χ0n) is 15.1. The molecule has 0 radical (unpaired) electrons. The molecule has 1 heterocycles. The first-order valence-electron chi connectivity index (χ1n) is 8.43. The maximum Gasteiger partial charge on any atom is 0.344 e. The van der Waals surface area contributed by atoms with Crippen LogP contribution in [-0.2, 0) is 14.4 Å². The molecule has 1 aliphatic heterocycles. The fourth-order valence-corrected chi connectivity index (χ4v) is 3.09. The number of hydrogen-bond acceptors (Lipinski definition) is 5. The van der Waals surface area contributed by atoms with Gasteiger partial charge in [0.1, 0.15) is 11.3 Å². The molecule has 148 valence electrons. The second-order valence-electron chi connectivity index (χ2n) is 6.10. The number of carboxylic acid groups (broad SMARTS) is 1. The van der Waals surface area contributed by atoms with E-state index in [0.29, 0.717) is 17.0 Å². The summed E-state index contributed by atoms with van der Waals surface area (Å²) in [7, 11) is 0. The van der Waals surface area contributed by atoms with Gasteiger partial charge in [0.2, 0.25) is 0 Å². The number of rotatable bonds is 5. The van der Waals surface area contributed by atoms with Gasteiger partial charge >= 0.3 is 5.97 Å². The van der Waals surface area contributed by atoms with Crippen LogP contribution in [0.2, 0.25) is 0 Å². The molecule has 7 nitrogen and oxygen atoms in total. The lowest BCUT2D eigenvalue weighted by Gasteiger charge is -2.29. The van der Waals surface area contributed by atoms with Crippen molar-refractivity contribution in [1.29, 1.82) is 0 Å². The van der Waals surface area contributed by atoms with Gasteiger partial charge in [-0.15, -0.1) is 0 Å². The topological polar surface area (TPSA) is 95.9 Å². The molecule has 29 heavy (non-hydrogen) atoms. The Morgan fingerprint density at radius 1 is 1.17 bits per heavy atom. The van der Waals surface area contributed by atoms with Gasteiger partial charge in [0.15, 0.2) is 11.2 Å². The predicted octanol–water partition coefficient (Wildman–Crippen LogP) is 3.13. The van der Waals surface area contributed by atoms with Crippen LogP contribution in [0, 0.1) is 0 Å². The number of nitrogens with zero attached hydrogens (tertiary/aromatic N) is 1. The first kappa shape index (κ1) is 20.7. The quantitative estimate of drug-likeness (QED) is 0.392. The maximum atomic E-state index is 12.9. The van der Waals surface area contributed by atoms with Gasteiger partial charge in [0.25, 0.3) is 11.8 Å². The highest BCUT2D eigenvalue weighted by atomic mass is 79.9. The van der Waals surface area contributed by atoms with E-state index in [1.807, 2.05) is 0 Å². The number of aliphatic carboxylic acids is 1. The highest BCUT2D eigenvalue weighted by Gasteiger charge is 2.34. The second-order valence-corrected chi connectivity index (χ2v) is 7.40. The van der Waals surface area contributed by atoms with E-state index in [9.17, 15) is 14.4 Å². The van der Waals surface area contributed by atoms with E-state index >= 15 is 0 Å². The lowest BCUT2D eigenvalue weighted by molar-refractivity contribution is -0.144.